The summed E-state index contributed by atoms with van der Waals surface area (Å²) in [6.45, 7) is 0. The topological polar surface area (TPSA) is 92.5 Å². The number of benzene rings is 1. The molecule has 0 spiro atoms. The number of nitro benzene ring substituents is 1. The molecule has 6 nitrogen and oxygen atoms in total. The molecule has 2 unspecified atom stereocenters. The van der Waals surface area contributed by atoms with Crippen LogP contribution in [0.1, 0.15) is 6.42 Å². The van der Waals surface area contributed by atoms with Crippen LogP contribution in [-0.4, -0.2) is 22.0 Å². The molecule has 2 rings (SSSR count). The van der Waals surface area contributed by atoms with Gasteiger partial charge in [-0.1, -0.05) is 12.2 Å². The molecule has 0 radical (unpaired) electrons. The molecule has 20 heavy (non-hydrogen) atoms. The van der Waals surface area contributed by atoms with Crippen molar-refractivity contribution in [3.63, 3.8) is 0 Å². The molecular formula is C12H10F2N2O4. The molecular weight excluding hydrogens is 274 g/mol. The zero-order chi connectivity index (χ0) is 14.9. The van der Waals surface area contributed by atoms with E-state index in [9.17, 15) is 23.7 Å². The number of halogens is 2. The number of carboxylic acids is 1. The maximum Gasteiger partial charge on any atom is 0.310 e. The third kappa shape index (κ3) is 2.58. The fraction of sp³-hybridized carbons (Fsp3) is 0.250. The van der Waals surface area contributed by atoms with E-state index in [1.54, 1.807) is 0 Å². The number of carbonyl (C=O) groups is 1. The van der Waals surface area contributed by atoms with Gasteiger partial charge in [-0.2, -0.15) is 0 Å². The summed E-state index contributed by atoms with van der Waals surface area (Å²) in [6.07, 6.45) is 2.98. The van der Waals surface area contributed by atoms with E-state index in [1.807, 2.05) is 0 Å². The highest BCUT2D eigenvalue weighted by molar-refractivity contribution is 5.73. The number of hydrogen-bond donors (Lipinski definition) is 2. The van der Waals surface area contributed by atoms with Crippen molar-refractivity contribution in [2.24, 2.45) is 5.92 Å². The summed E-state index contributed by atoms with van der Waals surface area (Å²) in [5, 5.41) is 22.1. The monoisotopic (exact) mass is 284 g/mol. The van der Waals surface area contributed by atoms with E-state index in [0.29, 0.717) is 6.07 Å². The predicted octanol–water partition coefficient (Wildman–Crippen LogP) is 2.31. The maximum atomic E-state index is 13.6. The van der Waals surface area contributed by atoms with Crippen molar-refractivity contribution < 1.29 is 23.6 Å². The fourth-order valence-electron chi connectivity index (χ4n) is 2.00. The molecule has 0 fully saturated rings. The standard InChI is InChI=1S/C12H10F2N2O4/c13-8-3-4-9(16(19)20)11(10(8)14)15-7-2-1-6(5-7)12(17)18/h1-4,6-7,15H,5H2,(H,17,18). The van der Waals surface area contributed by atoms with E-state index in [2.05, 4.69) is 5.32 Å². The Balaban J connectivity index is 2.26. The number of nitrogens with one attached hydrogen (secondary N) is 1. The molecule has 2 N–H and O–H groups in total. The van der Waals surface area contributed by atoms with Crippen molar-refractivity contribution >= 4 is 17.3 Å². The first-order chi connectivity index (χ1) is 9.40. The first-order valence-electron chi connectivity index (χ1n) is 5.70. The number of hydrogen-bond acceptors (Lipinski definition) is 4. The second kappa shape index (κ2) is 5.24. The van der Waals surface area contributed by atoms with E-state index in [0.717, 1.165) is 6.07 Å². The Bertz CT molecular complexity index is 603. The van der Waals surface area contributed by atoms with Crippen LogP contribution >= 0.6 is 0 Å². The van der Waals surface area contributed by atoms with Gasteiger partial charge in [0, 0.05) is 12.1 Å². The second-order valence-corrected chi connectivity index (χ2v) is 4.33. The number of rotatable bonds is 4. The highest BCUT2D eigenvalue weighted by Gasteiger charge is 2.28. The number of aliphatic carboxylic acids is 1. The molecule has 0 aliphatic heterocycles. The molecule has 0 aromatic heterocycles. The molecule has 1 aliphatic carbocycles. The van der Waals surface area contributed by atoms with Crippen LogP contribution in [0.15, 0.2) is 24.3 Å². The van der Waals surface area contributed by atoms with Gasteiger partial charge in [-0.3, -0.25) is 14.9 Å². The zero-order valence-corrected chi connectivity index (χ0v) is 10.0. The van der Waals surface area contributed by atoms with Crippen molar-refractivity contribution in [1.82, 2.24) is 0 Å². The first-order valence-corrected chi connectivity index (χ1v) is 5.70. The second-order valence-electron chi connectivity index (χ2n) is 4.33. The lowest BCUT2D eigenvalue weighted by molar-refractivity contribution is -0.384. The lowest BCUT2D eigenvalue weighted by Crippen LogP contribution is -2.20. The van der Waals surface area contributed by atoms with Crippen LogP contribution in [0.5, 0.6) is 0 Å². The van der Waals surface area contributed by atoms with Gasteiger partial charge in [0.05, 0.1) is 10.8 Å². The van der Waals surface area contributed by atoms with Crippen molar-refractivity contribution in [2.45, 2.75) is 12.5 Å². The van der Waals surface area contributed by atoms with Crippen LogP contribution in [0.4, 0.5) is 20.2 Å². The highest BCUT2D eigenvalue weighted by Crippen LogP contribution is 2.31. The van der Waals surface area contributed by atoms with Crippen LogP contribution < -0.4 is 5.32 Å². The highest BCUT2D eigenvalue weighted by atomic mass is 19.2. The van der Waals surface area contributed by atoms with Gasteiger partial charge in [0.1, 0.15) is 0 Å². The number of anilines is 1. The Morgan fingerprint density at radius 1 is 1.40 bits per heavy atom. The van der Waals surface area contributed by atoms with E-state index in [-0.39, 0.29) is 6.42 Å². The molecule has 2 atom stereocenters. The van der Waals surface area contributed by atoms with Crippen LogP contribution in [0.2, 0.25) is 0 Å². The van der Waals surface area contributed by atoms with Gasteiger partial charge in [-0.25, -0.2) is 8.78 Å². The quantitative estimate of drug-likeness (QED) is 0.503. The molecule has 0 saturated heterocycles. The molecule has 1 aromatic carbocycles. The summed E-state index contributed by atoms with van der Waals surface area (Å²) in [6, 6.07) is 0.920. The van der Waals surface area contributed by atoms with Gasteiger partial charge in [-0.05, 0) is 12.5 Å². The van der Waals surface area contributed by atoms with Crippen molar-refractivity contribution in [3.05, 3.63) is 46.0 Å². The van der Waals surface area contributed by atoms with Gasteiger partial charge in [0.25, 0.3) is 5.69 Å². The summed E-state index contributed by atoms with van der Waals surface area (Å²) in [4.78, 5) is 20.7. The van der Waals surface area contributed by atoms with E-state index in [4.69, 9.17) is 5.11 Å². The predicted molar refractivity (Wildman–Crippen MR) is 65.3 cm³/mol. The minimum atomic E-state index is -1.36. The molecule has 0 heterocycles. The van der Waals surface area contributed by atoms with Crippen molar-refractivity contribution in [1.29, 1.82) is 0 Å². The molecule has 0 saturated carbocycles. The summed E-state index contributed by atoms with van der Waals surface area (Å²) in [5.74, 6) is -4.36. The molecule has 1 aliphatic rings. The van der Waals surface area contributed by atoms with Gasteiger partial charge in [0.2, 0.25) is 0 Å². The SMILES string of the molecule is O=C(O)C1C=CC(Nc2c([N+](=O)[O-])ccc(F)c2F)C1. The maximum absolute atomic E-state index is 13.6. The fourth-order valence-corrected chi connectivity index (χ4v) is 2.00. The number of nitro groups is 1. The Kier molecular flexibility index (Phi) is 3.64. The summed E-state index contributed by atoms with van der Waals surface area (Å²) in [7, 11) is 0. The molecule has 0 bridgehead atoms. The van der Waals surface area contributed by atoms with E-state index < -0.39 is 45.9 Å². The van der Waals surface area contributed by atoms with Gasteiger partial charge in [0.15, 0.2) is 17.3 Å². The smallest absolute Gasteiger partial charge is 0.310 e. The number of nitrogens with zero attached hydrogens (tertiary/aromatic N) is 1. The Morgan fingerprint density at radius 3 is 2.65 bits per heavy atom. The molecule has 8 heteroatoms. The lowest BCUT2D eigenvalue weighted by atomic mass is 10.1. The minimum Gasteiger partial charge on any atom is -0.481 e. The third-order valence-electron chi connectivity index (χ3n) is 3.00. The van der Waals surface area contributed by atoms with Gasteiger partial charge >= 0.3 is 5.97 Å². The largest absolute Gasteiger partial charge is 0.481 e. The average Bonchev–Trinajstić information content (AvgIpc) is 2.83. The van der Waals surface area contributed by atoms with Crippen molar-refractivity contribution in [3.8, 4) is 0 Å². The Morgan fingerprint density at radius 2 is 2.10 bits per heavy atom. The molecule has 1 aromatic rings. The van der Waals surface area contributed by atoms with Gasteiger partial charge in [-0.15, -0.1) is 0 Å². The zero-order valence-electron chi connectivity index (χ0n) is 10.0. The van der Waals surface area contributed by atoms with Gasteiger partial charge < -0.3 is 10.4 Å². The molecule has 106 valence electrons. The van der Waals surface area contributed by atoms with Crippen LogP contribution in [0, 0.1) is 27.7 Å². The number of carboxylic acid groups (broad SMARTS) is 1. The lowest BCUT2D eigenvalue weighted by Gasteiger charge is -2.14. The Labute approximate surface area is 111 Å². The van der Waals surface area contributed by atoms with E-state index >= 15 is 0 Å². The average molecular weight is 284 g/mol. The Hall–Kier alpha value is -2.51. The third-order valence-corrected chi connectivity index (χ3v) is 3.00. The van der Waals surface area contributed by atoms with Crippen molar-refractivity contribution in [2.75, 3.05) is 5.32 Å². The summed E-state index contributed by atoms with van der Waals surface area (Å²) >= 11 is 0. The van der Waals surface area contributed by atoms with Crippen LogP contribution in [0.25, 0.3) is 0 Å². The first kappa shape index (κ1) is 13.9. The summed E-state index contributed by atoms with van der Waals surface area (Å²) in [5.41, 5.74) is -1.17. The minimum absolute atomic E-state index is 0.114. The van der Waals surface area contributed by atoms with E-state index in [1.165, 1.54) is 12.2 Å². The molecule has 0 amide bonds. The normalized spacial score (nSPS) is 20.9. The van der Waals surface area contributed by atoms with Crippen LogP contribution in [0.3, 0.4) is 0 Å². The summed E-state index contributed by atoms with van der Waals surface area (Å²) < 4.78 is 26.8. The van der Waals surface area contributed by atoms with Crippen LogP contribution in [-0.2, 0) is 4.79 Å².